The van der Waals surface area contributed by atoms with Crippen molar-refractivity contribution in [2.45, 2.75) is 38.3 Å². The Bertz CT molecular complexity index is 1020. The van der Waals surface area contributed by atoms with Crippen LogP contribution in [0.25, 0.3) is 0 Å². The molecule has 3 aromatic rings. The fraction of sp³-hybridized carbons (Fsp3) is 0.400. The zero-order chi connectivity index (χ0) is 21.8. The molecule has 0 radical (unpaired) electrons. The van der Waals surface area contributed by atoms with Crippen LogP contribution in [0.15, 0.2) is 54.7 Å². The third kappa shape index (κ3) is 4.85. The highest BCUT2D eigenvalue weighted by Crippen LogP contribution is 2.27. The maximum Gasteiger partial charge on any atom is 0.274 e. The zero-order valence-electron chi connectivity index (χ0n) is 18.7. The fourth-order valence-corrected chi connectivity index (χ4v) is 4.45. The highest BCUT2D eigenvalue weighted by Gasteiger charge is 2.31. The van der Waals surface area contributed by atoms with Gasteiger partial charge in [0.1, 0.15) is 0 Å². The van der Waals surface area contributed by atoms with Crippen molar-refractivity contribution in [3.05, 3.63) is 82.9 Å². The first-order valence-corrected chi connectivity index (χ1v) is 11.0. The van der Waals surface area contributed by atoms with Crippen LogP contribution >= 0.6 is 0 Å². The molecule has 1 amide bonds. The van der Waals surface area contributed by atoms with Crippen LogP contribution in [0.1, 0.15) is 39.4 Å². The first-order chi connectivity index (χ1) is 15.0. The molecule has 1 aliphatic carbocycles. The molecule has 1 atom stereocenters. The molecule has 4 rings (SSSR count). The van der Waals surface area contributed by atoms with Gasteiger partial charge in [-0.1, -0.05) is 36.4 Å². The number of nitrogens with zero attached hydrogens (tertiary/aromatic N) is 5. The molecule has 162 valence electrons. The number of benzene rings is 1. The van der Waals surface area contributed by atoms with Gasteiger partial charge in [0.25, 0.3) is 5.91 Å². The molecule has 2 heterocycles. The van der Waals surface area contributed by atoms with E-state index in [2.05, 4.69) is 28.1 Å². The van der Waals surface area contributed by atoms with E-state index in [9.17, 15) is 4.79 Å². The van der Waals surface area contributed by atoms with Gasteiger partial charge in [-0.15, -0.1) is 0 Å². The summed E-state index contributed by atoms with van der Waals surface area (Å²) in [5.74, 6) is -0.00232. The van der Waals surface area contributed by atoms with Gasteiger partial charge in [0.15, 0.2) is 5.69 Å². The average Bonchev–Trinajstić information content (AvgIpc) is 3.14. The molecule has 6 nitrogen and oxygen atoms in total. The van der Waals surface area contributed by atoms with Crippen molar-refractivity contribution in [3.63, 3.8) is 0 Å². The summed E-state index contributed by atoms with van der Waals surface area (Å²) in [6.45, 7) is 1.53. The number of fused-ring (bicyclic) bond motifs is 1. The predicted octanol–water partition coefficient (Wildman–Crippen LogP) is 3.12. The lowest BCUT2D eigenvalue weighted by Crippen LogP contribution is -2.38. The average molecular weight is 418 g/mol. The first-order valence-electron chi connectivity index (χ1n) is 11.0. The minimum atomic E-state index is -0.00232. The normalized spacial score (nSPS) is 15.7. The molecule has 0 fully saturated rings. The van der Waals surface area contributed by atoms with Gasteiger partial charge in [-0.05, 0) is 44.0 Å². The highest BCUT2D eigenvalue weighted by molar-refractivity contribution is 5.94. The van der Waals surface area contributed by atoms with Gasteiger partial charge in [0, 0.05) is 62.8 Å². The van der Waals surface area contributed by atoms with Gasteiger partial charge in [0.05, 0.1) is 0 Å². The number of aryl methyl sites for hydroxylation is 1. The number of rotatable bonds is 7. The third-order valence-electron chi connectivity index (χ3n) is 6.31. The smallest absolute Gasteiger partial charge is 0.274 e. The van der Waals surface area contributed by atoms with Gasteiger partial charge in [-0.3, -0.25) is 14.5 Å². The third-order valence-corrected chi connectivity index (χ3v) is 6.31. The van der Waals surface area contributed by atoms with Gasteiger partial charge in [-0.25, -0.2) is 0 Å². The monoisotopic (exact) mass is 417 g/mol. The summed E-state index contributed by atoms with van der Waals surface area (Å²) in [5, 5.41) is 4.64. The van der Waals surface area contributed by atoms with E-state index in [4.69, 9.17) is 0 Å². The van der Waals surface area contributed by atoms with Crippen LogP contribution in [0.3, 0.4) is 0 Å². The number of aromatic nitrogens is 3. The number of carbonyl (C=O) groups is 1. The number of likely N-dealkylation sites (N-methyl/N-ethyl adjacent to an activating group) is 1. The molecule has 1 aromatic carbocycles. The van der Waals surface area contributed by atoms with Crippen LogP contribution in [0, 0.1) is 0 Å². The summed E-state index contributed by atoms with van der Waals surface area (Å²) in [7, 11) is 5.99. The molecule has 0 bridgehead atoms. The number of carbonyl (C=O) groups excluding carboxylic acids is 1. The van der Waals surface area contributed by atoms with E-state index in [0.29, 0.717) is 18.3 Å². The number of hydrogen-bond donors (Lipinski definition) is 0. The summed E-state index contributed by atoms with van der Waals surface area (Å²) in [6, 6.07) is 16.6. The molecule has 0 spiro atoms. The van der Waals surface area contributed by atoms with E-state index in [1.807, 2.05) is 67.4 Å². The Balaban J connectivity index is 1.45. The Morgan fingerprint density at radius 3 is 2.65 bits per heavy atom. The molecule has 1 unspecified atom stereocenters. The molecule has 0 saturated heterocycles. The minimum Gasteiger partial charge on any atom is -0.336 e. The number of pyridine rings is 1. The summed E-state index contributed by atoms with van der Waals surface area (Å²) in [4.78, 5) is 21.9. The maximum absolute atomic E-state index is 13.2. The topological polar surface area (TPSA) is 54.3 Å². The van der Waals surface area contributed by atoms with Gasteiger partial charge in [-0.2, -0.15) is 5.10 Å². The molecule has 1 aliphatic rings. The van der Waals surface area contributed by atoms with Crippen LogP contribution in [-0.2, 0) is 32.9 Å². The van der Waals surface area contributed by atoms with E-state index in [-0.39, 0.29) is 5.91 Å². The quantitative estimate of drug-likeness (QED) is 0.593. The molecular formula is C25H31N5O. The summed E-state index contributed by atoms with van der Waals surface area (Å²) in [6.07, 6.45) is 5.68. The second-order valence-electron chi connectivity index (χ2n) is 8.49. The van der Waals surface area contributed by atoms with Crippen molar-refractivity contribution >= 4 is 5.91 Å². The molecule has 31 heavy (non-hydrogen) atoms. The predicted molar refractivity (Wildman–Crippen MR) is 122 cm³/mol. The summed E-state index contributed by atoms with van der Waals surface area (Å²) in [5.41, 5.74) is 5.17. The summed E-state index contributed by atoms with van der Waals surface area (Å²) < 4.78 is 1.91. The lowest BCUT2D eigenvalue weighted by atomic mass is 9.90. The zero-order valence-corrected chi connectivity index (χ0v) is 18.7. The molecule has 0 aliphatic heterocycles. The standard InChI is InChI=1S/C25H31N5O/c1-28(16-14-20-11-7-8-15-26-20)21-12-13-23-22(17-21)24(27-30(23)3)25(31)29(2)18-19-9-5-4-6-10-19/h4-11,15,21H,12-14,16-18H2,1-3H3. The van der Waals surface area contributed by atoms with E-state index in [1.54, 1.807) is 4.90 Å². The van der Waals surface area contributed by atoms with E-state index in [1.165, 1.54) is 5.69 Å². The Morgan fingerprint density at radius 2 is 1.90 bits per heavy atom. The first kappa shape index (κ1) is 21.2. The number of amides is 1. The molecular weight excluding hydrogens is 386 g/mol. The van der Waals surface area contributed by atoms with Crippen LogP contribution in [0.2, 0.25) is 0 Å². The maximum atomic E-state index is 13.2. The lowest BCUT2D eigenvalue weighted by Gasteiger charge is -2.31. The Morgan fingerprint density at radius 1 is 1.13 bits per heavy atom. The largest absolute Gasteiger partial charge is 0.336 e. The van der Waals surface area contributed by atoms with Gasteiger partial charge >= 0.3 is 0 Å². The van der Waals surface area contributed by atoms with Gasteiger partial charge in [0.2, 0.25) is 0 Å². The Kier molecular flexibility index (Phi) is 6.47. The van der Waals surface area contributed by atoms with Gasteiger partial charge < -0.3 is 9.80 Å². The van der Waals surface area contributed by atoms with Crippen molar-refractivity contribution in [1.29, 1.82) is 0 Å². The number of hydrogen-bond acceptors (Lipinski definition) is 4. The van der Waals surface area contributed by atoms with E-state index in [0.717, 1.165) is 49.0 Å². The van der Waals surface area contributed by atoms with Crippen LogP contribution < -0.4 is 0 Å². The van der Waals surface area contributed by atoms with Crippen molar-refractivity contribution in [3.8, 4) is 0 Å². The molecule has 0 N–H and O–H groups in total. The Labute approximate surface area is 184 Å². The van der Waals surface area contributed by atoms with E-state index >= 15 is 0 Å². The molecule has 2 aromatic heterocycles. The summed E-state index contributed by atoms with van der Waals surface area (Å²) >= 11 is 0. The SMILES string of the molecule is CN(Cc1ccccc1)C(=O)c1nn(C)c2c1CC(N(C)CCc1ccccn1)CC2. The molecule has 6 heteroatoms. The van der Waals surface area contributed by atoms with Crippen molar-refractivity contribution in [2.24, 2.45) is 7.05 Å². The van der Waals surface area contributed by atoms with Crippen molar-refractivity contribution in [1.82, 2.24) is 24.6 Å². The lowest BCUT2D eigenvalue weighted by molar-refractivity contribution is 0.0776. The van der Waals surface area contributed by atoms with Crippen LogP contribution in [0.5, 0.6) is 0 Å². The highest BCUT2D eigenvalue weighted by atomic mass is 16.2. The minimum absolute atomic E-state index is 0.00232. The fourth-order valence-electron chi connectivity index (χ4n) is 4.45. The van der Waals surface area contributed by atoms with Crippen LogP contribution in [-0.4, -0.2) is 57.2 Å². The second kappa shape index (κ2) is 9.43. The second-order valence-corrected chi connectivity index (χ2v) is 8.49. The molecule has 0 saturated carbocycles. The Hall–Kier alpha value is -2.99. The van der Waals surface area contributed by atoms with E-state index < -0.39 is 0 Å². The van der Waals surface area contributed by atoms with Crippen LogP contribution in [0.4, 0.5) is 0 Å². The van der Waals surface area contributed by atoms with Crippen molar-refractivity contribution < 1.29 is 4.79 Å². The van der Waals surface area contributed by atoms with Crippen molar-refractivity contribution in [2.75, 3.05) is 20.6 Å².